The molecule has 0 radical (unpaired) electrons. The molecule has 6 rings (SSSR count). The van der Waals surface area contributed by atoms with Gasteiger partial charge in [0.2, 0.25) is 0 Å². The van der Waals surface area contributed by atoms with Gasteiger partial charge in [0.15, 0.2) is 5.78 Å². The first-order chi connectivity index (χ1) is 13.6. The quantitative estimate of drug-likeness (QED) is 0.779. The molecule has 0 aliphatic heterocycles. The summed E-state index contributed by atoms with van der Waals surface area (Å²) in [4.78, 5) is 13.3. The fourth-order valence-electron chi connectivity index (χ4n) is 5.96. The molecule has 0 spiro atoms. The summed E-state index contributed by atoms with van der Waals surface area (Å²) >= 11 is 0. The Bertz CT molecular complexity index is 1040. The Morgan fingerprint density at radius 3 is 2.14 bits per heavy atom. The van der Waals surface area contributed by atoms with E-state index >= 15 is 0 Å². The lowest BCUT2D eigenvalue weighted by molar-refractivity contribution is -0.120. The number of Topliss-reactive ketones (excluding diaryl/α,β-unsaturated/α-hetero) is 1. The van der Waals surface area contributed by atoms with E-state index in [1.54, 1.807) is 0 Å². The van der Waals surface area contributed by atoms with Gasteiger partial charge in [-0.25, -0.2) is 0 Å². The van der Waals surface area contributed by atoms with Crippen LogP contribution in [0.15, 0.2) is 72.3 Å². The van der Waals surface area contributed by atoms with Crippen LogP contribution in [0.4, 0.5) is 0 Å². The average molecular weight is 366 g/mol. The largest absolute Gasteiger partial charge is 0.380 e. The maximum atomic E-state index is 13.3. The summed E-state index contributed by atoms with van der Waals surface area (Å²) in [6.45, 7) is 0. The van der Waals surface area contributed by atoms with E-state index in [0.717, 1.165) is 34.2 Å². The van der Waals surface area contributed by atoms with Crippen LogP contribution in [0.5, 0.6) is 0 Å². The van der Waals surface area contributed by atoms with Gasteiger partial charge in [-0.15, -0.1) is 0 Å². The summed E-state index contributed by atoms with van der Waals surface area (Å²) < 4.78 is 0. The van der Waals surface area contributed by atoms with Crippen molar-refractivity contribution in [2.45, 2.75) is 18.4 Å². The third-order valence-corrected chi connectivity index (χ3v) is 7.23. The summed E-state index contributed by atoms with van der Waals surface area (Å²) in [5.41, 5.74) is 3.38. The maximum Gasteiger partial charge on any atom is 0.162 e. The van der Waals surface area contributed by atoms with Crippen LogP contribution in [0.2, 0.25) is 0 Å². The molecule has 0 amide bonds. The number of aliphatic hydroxyl groups is 1. The predicted molar refractivity (Wildman–Crippen MR) is 110 cm³/mol. The Hall–Kier alpha value is -2.71. The van der Waals surface area contributed by atoms with Gasteiger partial charge < -0.3 is 5.11 Å². The standard InChI is InChI=1S/C26H22O2/c27-25-20(14-21-18-11-12-19(13-18)24(21)25)15-26(28)22-7-3-1-5-16(22)9-10-17-6-2-4-8-23(17)26/h1-12,14,18-19,21,24,28H,13,15H2/t18-,19+,21+,24-/m0/s1. The molecule has 2 bridgehead atoms. The molecule has 4 aliphatic carbocycles. The molecule has 2 aromatic rings. The number of carbonyl (C=O) groups excluding carboxylic acids is 1. The molecule has 1 fully saturated rings. The molecular formula is C26H22O2. The van der Waals surface area contributed by atoms with Gasteiger partial charge in [0.25, 0.3) is 0 Å². The van der Waals surface area contributed by atoms with Crippen LogP contribution in [0.1, 0.15) is 35.1 Å². The number of ketones is 1. The first-order valence-electron chi connectivity index (χ1n) is 10.2. The maximum absolute atomic E-state index is 13.3. The zero-order chi connectivity index (χ0) is 18.9. The fraction of sp³-hybridized carbons (Fsp3) is 0.269. The molecule has 1 saturated carbocycles. The van der Waals surface area contributed by atoms with Crippen molar-refractivity contribution in [1.29, 1.82) is 0 Å². The first-order valence-corrected chi connectivity index (χ1v) is 10.2. The van der Waals surface area contributed by atoms with Crippen molar-refractivity contribution in [2.24, 2.45) is 23.7 Å². The number of rotatable bonds is 2. The molecule has 2 nitrogen and oxygen atoms in total. The zero-order valence-electron chi connectivity index (χ0n) is 15.6. The normalized spacial score (nSPS) is 30.6. The lowest BCUT2D eigenvalue weighted by atomic mass is 9.77. The number of benzene rings is 2. The molecule has 1 N–H and O–H groups in total. The number of fused-ring (bicyclic) bond motifs is 7. The van der Waals surface area contributed by atoms with Crippen LogP contribution < -0.4 is 0 Å². The summed E-state index contributed by atoms with van der Waals surface area (Å²) in [5.74, 6) is 1.57. The van der Waals surface area contributed by atoms with E-state index < -0.39 is 5.60 Å². The molecule has 4 atom stereocenters. The molecular weight excluding hydrogens is 344 g/mol. The number of hydrogen-bond donors (Lipinski definition) is 1. The highest BCUT2D eigenvalue weighted by Gasteiger charge is 2.52. The monoisotopic (exact) mass is 366 g/mol. The Kier molecular flexibility index (Phi) is 3.28. The van der Waals surface area contributed by atoms with Crippen LogP contribution in [-0.2, 0) is 10.4 Å². The fourth-order valence-corrected chi connectivity index (χ4v) is 5.96. The highest BCUT2D eigenvalue weighted by molar-refractivity contribution is 6.01. The van der Waals surface area contributed by atoms with E-state index in [1.165, 1.54) is 0 Å². The Morgan fingerprint density at radius 2 is 1.50 bits per heavy atom. The minimum Gasteiger partial charge on any atom is -0.380 e. The number of carbonyl (C=O) groups is 1. The lowest BCUT2D eigenvalue weighted by Gasteiger charge is -2.31. The molecule has 0 aromatic heterocycles. The van der Waals surface area contributed by atoms with Gasteiger partial charge >= 0.3 is 0 Å². The summed E-state index contributed by atoms with van der Waals surface area (Å²) in [5, 5.41) is 12.1. The summed E-state index contributed by atoms with van der Waals surface area (Å²) in [6, 6.07) is 16.0. The highest BCUT2D eigenvalue weighted by Crippen LogP contribution is 2.54. The minimum atomic E-state index is -1.21. The van der Waals surface area contributed by atoms with Crippen molar-refractivity contribution in [3.63, 3.8) is 0 Å². The van der Waals surface area contributed by atoms with E-state index in [2.05, 4.69) is 30.4 Å². The topological polar surface area (TPSA) is 37.3 Å². The van der Waals surface area contributed by atoms with Crippen LogP contribution in [0.3, 0.4) is 0 Å². The van der Waals surface area contributed by atoms with Crippen molar-refractivity contribution in [3.05, 3.63) is 94.6 Å². The van der Waals surface area contributed by atoms with E-state index in [1.807, 2.05) is 48.5 Å². The van der Waals surface area contributed by atoms with Gasteiger partial charge in [-0.3, -0.25) is 4.79 Å². The van der Waals surface area contributed by atoms with Crippen molar-refractivity contribution in [3.8, 4) is 0 Å². The number of hydrogen-bond acceptors (Lipinski definition) is 2. The predicted octanol–water partition coefficient (Wildman–Crippen LogP) is 4.74. The van der Waals surface area contributed by atoms with E-state index in [4.69, 9.17) is 0 Å². The SMILES string of the molecule is O=C1C(CC2(O)c3ccccc3C=Cc3ccccc32)=C[C@H]2[C@@H]1[C@@H]1C=C[C@H]2C1. The third-order valence-electron chi connectivity index (χ3n) is 7.23. The van der Waals surface area contributed by atoms with Gasteiger partial charge in [-0.1, -0.05) is 78.9 Å². The average Bonchev–Trinajstić information content (AvgIpc) is 3.39. The van der Waals surface area contributed by atoms with Crippen molar-refractivity contribution < 1.29 is 9.90 Å². The Labute approximate surface area is 164 Å². The van der Waals surface area contributed by atoms with E-state index in [0.29, 0.717) is 24.2 Å². The van der Waals surface area contributed by atoms with Gasteiger partial charge in [0, 0.05) is 12.3 Å². The van der Waals surface area contributed by atoms with Crippen molar-refractivity contribution in [2.75, 3.05) is 0 Å². The van der Waals surface area contributed by atoms with Crippen LogP contribution >= 0.6 is 0 Å². The second-order valence-electron chi connectivity index (χ2n) is 8.65. The third kappa shape index (κ3) is 2.10. The molecule has 2 aromatic carbocycles. The van der Waals surface area contributed by atoms with Crippen LogP contribution in [-0.4, -0.2) is 10.9 Å². The van der Waals surface area contributed by atoms with Gasteiger partial charge in [0.05, 0.1) is 0 Å². The van der Waals surface area contributed by atoms with Crippen LogP contribution in [0.25, 0.3) is 12.2 Å². The Morgan fingerprint density at radius 1 is 0.893 bits per heavy atom. The minimum absolute atomic E-state index is 0.1000. The van der Waals surface area contributed by atoms with Gasteiger partial charge in [-0.05, 0) is 52.0 Å². The first kappa shape index (κ1) is 16.3. The molecule has 138 valence electrons. The van der Waals surface area contributed by atoms with Crippen molar-refractivity contribution >= 4 is 17.9 Å². The zero-order valence-corrected chi connectivity index (χ0v) is 15.6. The summed E-state index contributed by atoms with van der Waals surface area (Å²) in [7, 11) is 0. The second kappa shape index (κ2) is 5.65. The molecule has 0 heterocycles. The smallest absolute Gasteiger partial charge is 0.162 e. The molecule has 0 saturated heterocycles. The second-order valence-corrected chi connectivity index (χ2v) is 8.65. The van der Waals surface area contributed by atoms with Crippen LogP contribution in [0, 0.1) is 23.7 Å². The lowest BCUT2D eigenvalue weighted by Crippen LogP contribution is -2.31. The molecule has 0 unspecified atom stereocenters. The molecule has 4 aliphatic rings. The van der Waals surface area contributed by atoms with Gasteiger partial charge in [0.1, 0.15) is 5.60 Å². The van der Waals surface area contributed by atoms with Crippen molar-refractivity contribution in [1.82, 2.24) is 0 Å². The van der Waals surface area contributed by atoms with E-state index in [-0.39, 0.29) is 11.7 Å². The molecule has 28 heavy (non-hydrogen) atoms. The Balaban J connectivity index is 1.47. The molecule has 2 heteroatoms. The number of allylic oxidation sites excluding steroid dienone is 3. The van der Waals surface area contributed by atoms with Gasteiger partial charge in [-0.2, -0.15) is 0 Å². The highest BCUT2D eigenvalue weighted by atomic mass is 16.3. The van der Waals surface area contributed by atoms with E-state index in [9.17, 15) is 9.90 Å². The summed E-state index contributed by atoms with van der Waals surface area (Å²) in [6.07, 6.45) is 12.3.